The van der Waals surface area contributed by atoms with Gasteiger partial charge in [-0.15, -0.1) is 0 Å². The quantitative estimate of drug-likeness (QED) is 0.374. The predicted octanol–water partition coefficient (Wildman–Crippen LogP) is 6.36. The molecule has 4 unspecified atom stereocenters. The first kappa shape index (κ1) is 22.2. The van der Waals surface area contributed by atoms with Crippen molar-refractivity contribution in [2.45, 2.75) is 37.9 Å². The van der Waals surface area contributed by atoms with Gasteiger partial charge < -0.3 is 5.11 Å². The van der Waals surface area contributed by atoms with Crippen LogP contribution in [0.25, 0.3) is 0 Å². The maximum atomic E-state index is 11.3. The molecular formula is C28H31OPS. The number of aromatic hydroxyl groups is 1. The van der Waals surface area contributed by atoms with Crippen LogP contribution >= 0.6 is 21.2 Å². The van der Waals surface area contributed by atoms with Gasteiger partial charge in [-0.05, 0) is 72.5 Å². The number of benzene rings is 2. The first-order valence-electron chi connectivity index (χ1n) is 11.2. The standard InChI is InChI=1S/C28H31OPS/c1-20(31)25-14-8-9-15-26(25)30-27-19-23(16-21-10-4-2-5-11-21)18-24(28(27)29)17-22-12-6-3-7-13-22/h2-10,12,14-15,18-22,29-31H,11,13,16-17H2,1H3. The van der Waals surface area contributed by atoms with E-state index in [9.17, 15) is 5.11 Å². The van der Waals surface area contributed by atoms with Crippen molar-refractivity contribution in [1.82, 2.24) is 0 Å². The summed E-state index contributed by atoms with van der Waals surface area (Å²) < 4.78 is 0. The molecule has 0 saturated heterocycles. The highest BCUT2D eigenvalue weighted by atomic mass is 32.1. The third-order valence-corrected chi connectivity index (χ3v) is 7.70. The maximum absolute atomic E-state index is 11.3. The van der Waals surface area contributed by atoms with Gasteiger partial charge in [-0.3, -0.25) is 0 Å². The molecule has 2 aromatic carbocycles. The molecule has 2 aromatic rings. The Hall–Kier alpha value is -2.02. The van der Waals surface area contributed by atoms with Crippen molar-refractivity contribution in [2.75, 3.05) is 0 Å². The van der Waals surface area contributed by atoms with Crippen LogP contribution in [-0.4, -0.2) is 5.11 Å². The Morgan fingerprint density at radius 3 is 2.26 bits per heavy atom. The third kappa shape index (κ3) is 5.82. The van der Waals surface area contributed by atoms with Crippen molar-refractivity contribution in [3.8, 4) is 5.75 Å². The van der Waals surface area contributed by atoms with E-state index in [4.69, 9.17) is 0 Å². The second-order valence-electron chi connectivity index (χ2n) is 8.57. The van der Waals surface area contributed by atoms with Crippen molar-refractivity contribution < 1.29 is 5.11 Å². The lowest BCUT2D eigenvalue weighted by Gasteiger charge is -2.20. The van der Waals surface area contributed by atoms with E-state index >= 15 is 0 Å². The molecule has 1 nitrogen and oxygen atoms in total. The van der Waals surface area contributed by atoms with Crippen molar-refractivity contribution in [3.05, 3.63) is 102 Å². The summed E-state index contributed by atoms with van der Waals surface area (Å²) in [5, 5.41) is 13.8. The maximum Gasteiger partial charge on any atom is 0.126 e. The van der Waals surface area contributed by atoms with E-state index < -0.39 is 0 Å². The van der Waals surface area contributed by atoms with Crippen LogP contribution in [0.15, 0.2) is 85.0 Å². The molecule has 4 rings (SSSR count). The molecule has 0 saturated carbocycles. The molecule has 0 radical (unpaired) electrons. The van der Waals surface area contributed by atoms with Crippen molar-refractivity contribution >= 4 is 31.8 Å². The van der Waals surface area contributed by atoms with Crippen LogP contribution in [-0.2, 0) is 12.8 Å². The Labute approximate surface area is 193 Å². The van der Waals surface area contributed by atoms with E-state index in [1.165, 1.54) is 16.4 Å². The zero-order valence-corrected chi connectivity index (χ0v) is 19.9. The largest absolute Gasteiger partial charge is 0.507 e. The van der Waals surface area contributed by atoms with Gasteiger partial charge in [0.1, 0.15) is 5.75 Å². The summed E-state index contributed by atoms with van der Waals surface area (Å²) >= 11 is 4.68. The molecule has 0 bridgehead atoms. The summed E-state index contributed by atoms with van der Waals surface area (Å²) in [6, 6.07) is 13.0. The fourth-order valence-corrected chi connectivity index (χ4v) is 6.20. The Morgan fingerprint density at radius 1 is 0.935 bits per heavy atom. The average molecular weight is 447 g/mol. The number of thiol groups is 1. The monoisotopic (exact) mass is 446 g/mol. The minimum Gasteiger partial charge on any atom is -0.507 e. The summed E-state index contributed by atoms with van der Waals surface area (Å²) in [6.07, 6.45) is 21.6. The fourth-order valence-electron chi connectivity index (χ4n) is 4.40. The molecule has 0 heterocycles. The number of allylic oxidation sites excluding steroid dienone is 8. The lowest BCUT2D eigenvalue weighted by atomic mass is 9.89. The van der Waals surface area contributed by atoms with Gasteiger partial charge in [-0.1, -0.05) is 87.5 Å². The number of hydrogen-bond donors (Lipinski definition) is 2. The van der Waals surface area contributed by atoms with Crippen LogP contribution in [0.5, 0.6) is 5.75 Å². The molecule has 2 aliphatic carbocycles. The molecule has 3 heteroatoms. The van der Waals surface area contributed by atoms with Gasteiger partial charge in [0.15, 0.2) is 0 Å². The van der Waals surface area contributed by atoms with Gasteiger partial charge >= 0.3 is 0 Å². The van der Waals surface area contributed by atoms with Crippen LogP contribution < -0.4 is 10.6 Å². The predicted molar refractivity (Wildman–Crippen MR) is 140 cm³/mol. The van der Waals surface area contributed by atoms with Crippen molar-refractivity contribution in [2.24, 2.45) is 11.8 Å². The third-order valence-electron chi connectivity index (χ3n) is 6.05. The highest BCUT2D eigenvalue weighted by Gasteiger charge is 2.18. The zero-order valence-electron chi connectivity index (χ0n) is 18.0. The average Bonchev–Trinajstić information content (AvgIpc) is 2.78. The SMILES string of the molecule is CC(S)c1ccccc1Pc1cc(CC2C=CC=CC2)cc(CC2C=CC=CC2)c1O. The molecule has 0 aromatic heterocycles. The Kier molecular flexibility index (Phi) is 7.54. The zero-order chi connectivity index (χ0) is 21.6. The van der Waals surface area contributed by atoms with Gasteiger partial charge in [0, 0.05) is 10.6 Å². The minimum absolute atomic E-state index is 0.173. The van der Waals surface area contributed by atoms with Gasteiger partial charge in [0.05, 0.1) is 0 Å². The van der Waals surface area contributed by atoms with Crippen molar-refractivity contribution in [3.63, 3.8) is 0 Å². The molecule has 31 heavy (non-hydrogen) atoms. The Bertz CT molecular complexity index is 1030. The molecule has 160 valence electrons. The fraction of sp³-hybridized carbons (Fsp3) is 0.286. The van der Waals surface area contributed by atoms with E-state index in [1.54, 1.807) is 0 Å². The summed E-state index contributed by atoms with van der Waals surface area (Å²) in [6.45, 7) is 2.11. The number of rotatable bonds is 7. The number of hydrogen-bond acceptors (Lipinski definition) is 2. The van der Waals surface area contributed by atoms with E-state index in [2.05, 4.69) is 105 Å². The highest BCUT2D eigenvalue weighted by molar-refractivity contribution is 7.80. The molecule has 0 amide bonds. The van der Waals surface area contributed by atoms with E-state index in [0.717, 1.165) is 36.6 Å². The summed E-state index contributed by atoms with van der Waals surface area (Å²) in [5.74, 6) is 1.45. The normalized spacial score (nSPS) is 21.2. The van der Waals surface area contributed by atoms with Gasteiger partial charge in [-0.25, -0.2) is 0 Å². The first-order chi connectivity index (χ1) is 15.1. The van der Waals surface area contributed by atoms with E-state index in [-0.39, 0.29) is 5.25 Å². The molecule has 0 spiro atoms. The smallest absolute Gasteiger partial charge is 0.126 e. The summed E-state index contributed by atoms with van der Waals surface area (Å²) in [4.78, 5) is 0. The molecule has 0 aliphatic heterocycles. The van der Waals surface area contributed by atoms with Crippen LogP contribution in [0.2, 0.25) is 0 Å². The molecule has 4 atom stereocenters. The number of phenolic OH excluding ortho intramolecular Hbond substituents is 1. The molecule has 1 N–H and O–H groups in total. The topological polar surface area (TPSA) is 20.2 Å². The van der Waals surface area contributed by atoms with Crippen LogP contribution in [0, 0.1) is 11.8 Å². The molecule has 2 aliphatic rings. The van der Waals surface area contributed by atoms with E-state index in [0.29, 0.717) is 26.2 Å². The summed E-state index contributed by atoms with van der Waals surface area (Å²) in [7, 11) is 0.421. The lowest BCUT2D eigenvalue weighted by Crippen LogP contribution is -2.14. The van der Waals surface area contributed by atoms with Gasteiger partial charge in [0.25, 0.3) is 0 Å². The molecular weight excluding hydrogens is 415 g/mol. The van der Waals surface area contributed by atoms with Crippen molar-refractivity contribution in [1.29, 1.82) is 0 Å². The Balaban J connectivity index is 1.67. The Morgan fingerprint density at radius 2 is 1.61 bits per heavy atom. The van der Waals surface area contributed by atoms with Crippen LogP contribution in [0.4, 0.5) is 0 Å². The second-order valence-corrected chi connectivity index (χ2v) is 10.7. The van der Waals surface area contributed by atoms with Crippen LogP contribution in [0.3, 0.4) is 0 Å². The number of phenols is 1. The highest BCUT2D eigenvalue weighted by Crippen LogP contribution is 2.31. The second kappa shape index (κ2) is 10.5. The molecule has 0 fully saturated rings. The minimum atomic E-state index is 0.173. The summed E-state index contributed by atoms with van der Waals surface area (Å²) in [5.41, 5.74) is 3.65. The first-order valence-corrected chi connectivity index (χ1v) is 12.7. The van der Waals surface area contributed by atoms with Gasteiger partial charge in [-0.2, -0.15) is 12.6 Å². The van der Waals surface area contributed by atoms with E-state index in [1.807, 2.05) is 0 Å². The van der Waals surface area contributed by atoms with Crippen LogP contribution in [0.1, 0.15) is 41.7 Å². The lowest BCUT2D eigenvalue weighted by molar-refractivity contribution is 0.467. The van der Waals surface area contributed by atoms with Gasteiger partial charge in [0.2, 0.25) is 0 Å².